The van der Waals surface area contributed by atoms with Gasteiger partial charge >= 0.3 is 12.1 Å². The van der Waals surface area contributed by atoms with Crippen LogP contribution in [-0.4, -0.2) is 25.7 Å². The molecule has 0 aromatic carbocycles. The Morgan fingerprint density at radius 2 is 2.11 bits per heavy atom. The minimum absolute atomic E-state index is 0.0415. The fourth-order valence-corrected chi connectivity index (χ4v) is 1.63. The fraction of sp³-hybridized carbons (Fsp3) is 0.182. The molecular weight excluding hydrogens is 263 g/mol. The van der Waals surface area contributed by atoms with Crippen LogP contribution in [0, 0.1) is 6.92 Å². The van der Waals surface area contributed by atoms with Crippen molar-refractivity contribution in [3.05, 3.63) is 35.3 Å². The molecule has 2 aromatic rings. The predicted octanol–water partition coefficient (Wildman–Crippen LogP) is 2.15. The van der Waals surface area contributed by atoms with Gasteiger partial charge in [-0.1, -0.05) is 0 Å². The summed E-state index contributed by atoms with van der Waals surface area (Å²) in [6.45, 7) is 1.55. The molecule has 1 N–H and O–H groups in total. The molecule has 2 aromatic heterocycles. The minimum Gasteiger partial charge on any atom is -0.478 e. The van der Waals surface area contributed by atoms with Crippen LogP contribution < -0.4 is 0 Å². The van der Waals surface area contributed by atoms with E-state index in [9.17, 15) is 18.0 Å². The topological polar surface area (TPSA) is 67.5 Å². The number of pyridine rings is 1. The number of aliphatic carboxylic acids is 1. The maximum atomic E-state index is 12.6. The van der Waals surface area contributed by atoms with Crippen LogP contribution >= 0.6 is 0 Å². The van der Waals surface area contributed by atoms with Crippen molar-refractivity contribution >= 4 is 17.7 Å². The summed E-state index contributed by atoms with van der Waals surface area (Å²) in [7, 11) is 0. The van der Waals surface area contributed by atoms with E-state index in [0.717, 1.165) is 16.7 Å². The van der Waals surface area contributed by atoms with Gasteiger partial charge in [-0.3, -0.25) is 4.40 Å². The number of alkyl halides is 3. The second kappa shape index (κ2) is 4.38. The van der Waals surface area contributed by atoms with Crippen LogP contribution in [0.2, 0.25) is 0 Å². The van der Waals surface area contributed by atoms with Gasteiger partial charge in [-0.25, -0.2) is 4.79 Å². The maximum Gasteiger partial charge on any atom is 0.452 e. The van der Waals surface area contributed by atoms with Crippen LogP contribution in [0.3, 0.4) is 0 Å². The van der Waals surface area contributed by atoms with Gasteiger partial charge < -0.3 is 5.11 Å². The number of carbonyl (C=O) groups is 1. The number of aryl methyl sites for hydroxylation is 1. The lowest BCUT2D eigenvalue weighted by Gasteiger charge is -2.06. The first kappa shape index (κ1) is 13.1. The lowest BCUT2D eigenvalue weighted by atomic mass is 10.1. The Morgan fingerprint density at radius 1 is 1.42 bits per heavy atom. The molecule has 0 fully saturated rings. The highest BCUT2D eigenvalue weighted by Gasteiger charge is 2.37. The van der Waals surface area contributed by atoms with Gasteiger partial charge in [0.25, 0.3) is 0 Å². The molecule has 0 saturated heterocycles. The van der Waals surface area contributed by atoms with Gasteiger partial charge in [0.1, 0.15) is 0 Å². The highest BCUT2D eigenvalue weighted by molar-refractivity contribution is 5.86. The van der Waals surface area contributed by atoms with Gasteiger partial charge in [0.2, 0.25) is 5.82 Å². The zero-order valence-corrected chi connectivity index (χ0v) is 9.64. The van der Waals surface area contributed by atoms with E-state index in [2.05, 4.69) is 10.2 Å². The molecule has 19 heavy (non-hydrogen) atoms. The summed E-state index contributed by atoms with van der Waals surface area (Å²) >= 11 is 0. The molecule has 0 radical (unpaired) electrons. The zero-order chi connectivity index (χ0) is 14.2. The number of carboxylic acids is 1. The lowest BCUT2D eigenvalue weighted by Crippen LogP contribution is -2.10. The van der Waals surface area contributed by atoms with Crippen molar-refractivity contribution in [2.75, 3.05) is 0 Å². The molecule has 0 spiro atoms. The second-order valence-electron chi connectivity index (χ2n) is 3.78. The molecule has 0 saturated carbocycles. The summed E-state index contributed by atoms with van der Waals surface area (Å²) in [6.07, 6.45) is -1.24. The smallest absolute Gasteiger partial charge is 0.452 e. The van der Waals surface area contributed by atoms with Crippen LogP contribution in [-0.2, 0) is 11.0 Å². The van der Waals surface area contributed by atoms with Gasteiger partial charge in [-0.2, -0.15) is 13.2 Å². The third-order valence-electron chi connectivity index (χ3n) is 2.53. The summed E-state index contributed by atoms with van der Waals surface area (Å²) in [5.41, 5.74) is 0.930. The Balaban J connectivity index is 2.59. The van der Waals surface area contributed by atoms with E-state index in [1.54, 1.807) is 6.92 Å². The first-order chi connectivity index (χ1) is 8.80. The number of nitrogens with zero attached hydrogens (tertiary/aromatic N) is 3. The van der Waals surface area contributed by atoms with Crippen LogP contribution in [0.1, 0.15) is 17.0 Å². The van der Waals surface area contributed by atoms with Crippen molar-refractivity contribution in [2.45, 2.75) is 13.1 Å². The SMILES string of the molecule is Cc1c(C=CC(=O)O)ccn2c(C(F)(F)F)nnc12. The van der Waals surface area contributed by atoms with Gasteiger partial charge in [0, 0.05) is 17.8 Å². The summed E-state index contributed by atoms with van der Waals surface area (Å²) in [6, 6.07) is 1.38. The minimum atomic E-state index is -4.59. The Labute approximate surface area is 105 Å². The van der Waals surface area contributed by atoms with E-state index < -0.39 is 18.0 Å². The highest BCUT2D eigenvalue weighted by atomic mass is 19.4. The number of aromatic nitrogens is 3. The second-order valence-corrected chi connectivity index (χ2v) is 3.78. The number of halogens is 3. The quantitative estimate of drug-likeness (QED) is 0.850. The molecule has 0 aliphatic rings. The van der Waals surface area contributed by atoms with Crippen molar-refractivity contribution in [1.29, 1.82) is 0 Å². The molecule has 0 bridgehead atoms. The average molecular weight is 271 g/mol. The van der Waals surface area contributed by atoms with Crippen molar-refractivity contribution in [1.82, 2.24) is 14.6 Å². The summed E-state index contributed by atoms with van der Waals surface area (Å²) in [5, 5.41) is 15.1. The van der Waals surface area contributed by atoms with Gasteiger partial charge in [-0.15, -0.1) is 10.2 Å². The van der Waals surface area contributed by atoms with E-state index >= 15 is 0 Å². The molecular formula is C11H8F3N3O2. The lowest BCUT2D eigenvalue weighted by molar-refractivity contribution is -0.145. The molecule has 2 heterocycles. The predicted molar refractivity (Wildman–Crippen MR) is 59.4 cm³/mol. The first-order valence-electron chi connectivity index (χ1n) is 5.13. The molecule has 0 amide bonds. The summed E-state index contributed by atoms with van der Waals surface area (Å²) in [4.78, 5) is 10.4. The molecule has 8 heteroatoms. The summed E-state index contributed by atoms with van der Waals surface area (Å²) in [5.74, 6) is -2.25. The van der Waals surface area contributed by atoms with Crippen LogP contribution in [0.25, 0.3) is 11.7 Å². The van der Waals surface area contributed by atoms with Crippen molar-refractivity contribution in [3.63, 3.8) is 0 Å². The Morgan fingerprint density at radius 3 is 2.68 bits per heavy atom. The monoisotopic (exact) mass is 271 g/mol. The van der Waals surface area contributed by atoms with E-state index in [-0.39, 0.29) is 5.65 Å². The molecule has 2 rings (SSSR count). The van der Waals surface area contributed by atoms with Gasteiger partial charge in [0.15, 0.2) is 5.65 Å². The fourth-order valence-electron chi connectivity index (χ4n) is 1.63. The zero-order valence-electron chi connectivity index (χ0n) is 9.64. The number of carboxylic acid groups (broad SMARTS) is 1. The van der Waals surface area contributed by atoms with Gasteiger partial charge in [0.05, 0.1) is 0 Å². The van der Waals surface area contributed by atoms with E-state index in [0.29, 0.717) is 11.1 Å². The maximum absolute atomic E-state index is 12.6. The number of rotatable bonds is 2. The molecule has 0 aliphatic carbocycles. The standard InChI is InChI=1S/C11H8F3N3O2/c1-6-7(2-3-8(18)19)4-5-17-9(6)15-16-10(17)11(12,13)14/h2-5H,1H3,(H,18,19). The highest BCUT2D eigenvalue weighted by Crippen LogP contribution is 2.29. The molecule has 5 nitrogen and oxygen atoms in total. The molecule has 0 atom stereocenters. The third-order valence-corrected chi connectivity index (χ3v) is 2.53. The van der Waals surface area contributed by atoms with Crippen LogP contribution in [0.5, 0.6) is 0 Å². The Hall–Kier alpha value is -2.38. The normalized spacial score (nSPS) is 12.4. The molecule has 0 aliphatic heterocycles. The van der Waals surface area contributed by atoms with Gasteiger partial charge in [-0.05, 0) is 24.6 Å². The van der Waals surface area contributed by atoms with Crippen molar-refractivity contribution < 1.29 is 23.1 Å². The molecule has 100 valence electrons. The summed E-state index contributed by atoms with van der Waals surface area (Å²) < 4.78 is 38.7. The molecule has 0 unspecified atom stereocenters. The van der Waals surface area contributed by atoms with E-state index in [1.807, 2.05) is 0 Å². The average Bonchev–Trinajstić information content (AvgIpc) is 2.72. The van der Waals surface area contributed by atoms with Crippen molar-refractivity contribution in [2.24, 2.45) is 0 Å². The van der Waals surface area contributed by atoms with Crippen LogP contribution in [0.4, 0.5) is 13.2 Å². The van der Waals surface area contributed by atoms with E-state index in [1.165, 1.54) is 12.1 Å². The number of hydrogen-bond acceptors (Lipinski definition) is 3. The number of hydrogen-bond donors (Lipinski definition) is 1. The number of fused-ring (bicyclic) bond motifs is 1. The van der Waals surface area contributed by atoms with Crippen molar-refractivity contribution in [3.8, 4) is 0 Å². The Bertz CT molecular complexity index is 674. The largest absolute Gasteiger partial charge is 0.478 e. The first-order valence-corrected chi connectivity index (χ1v) is 5.13. The third kappa shape index (κ3) is 2.42. The van der Waals surface area contributed by atoms with E-state index in [4.69, 9.17) is 5.11 Å². The Kier molecular flexibility index (Phi) is 3.01. The van der Waals surface area contributed by atoms with Crippen LogP contribution in [0.15, 0.2) is 18.3 Å².